The molecule has 1 unspecified atom stereocenters. The number of likely N-dealkylation sites (tertiary alicyclic amines) is 1. The number of aromatic nitrogens is 2. The minimum absolute atomic E-state index is 0.181. The van der Waals surface area contributed by atoms with Gasteiger partial charge in [0.1, 0.15) is 11.4 Å². The van der Waals surface area contributed by atoms with E-state index in [2.05, 4.69) is 87.6 Å². The molecule has 208 valence electrons. The maximum atomic E-state index is 10.3. The first-order chi connectivity index (χ1) is 19.5. The molecule has 0 radical (unpaired) electrons. The molecule has 2 aromatic heterocycles. The largest absolute Gasteiger partial charge is 0.483 e. The number of fused-ring (bicyclic) bond motifs is 3. The predicted octanol–water partition coefficient (Wildman–Crippen LogP) is 5.97. The molecule has 40 heavy (non-hydrogen) atoms. The number of benzene rings is 2. The lowest BCUT2D eigenvalue weighted by atomic mass is 9.88. The molecule has 1 aliphatic carbocycles. The fraction of sp³-hybridized carbons (Fsp3) is 0.424. The highest BCUT2D eigenvalue weighted by Gasteiger charge is 2.42. The van der Waals surface area contributed by atoms with E-state index < -0.39 is 6.10 Å². The van der Waals surface area contributed by atoms with E-state index in [0.717, 1.165) is 92.4 Å². The second kappa shape index (κ2) is 10.1. The second-order valence-electron chi connectivity index (χ2n) is 12.0. The highest BCUT2D eigenvalue weighted by molar-refractivity contribution is 5.83. The summed E-state index contributed by atoms with van der Waals surface area (Å²) in [5, 5.41) is 15.2. The Morgan fingerprint density at radius 2 is 2.00 bits per heavy atom. The molecule has 0 saturated carbocycles. The number of nitrogens with one attached hydrogen (secondary N) is 2. The van der Waals surface area contributed by atoms with Gasteiger partial charge in [0.05, 0.1) is 24.0 Å². The SMILES string of the molecule is CC(C)N1CCC2(CC1)CN(CCc1c[nH]c3ccccc13)c1ccc(Nc3ccnc4c3CCC4O)cc1O2. The summed E-state index contributed by atoms with van der Waals surface area (Å²) in [4.78, 5) is 13.0. The van der Waals surface area contributed by atoms with Gasteiger partial charge in [-0.15, -0.1) is 0 Å². The highest BCUT2D eigenvalue weighted by atomic mass is 16.5. The van der Waals surface area contributed by atoms with Gasteiger partial charge in [-0.05, 0) is 68.5 Å². The quantitative estimate of drug-likeness (QED) is 0.281. The standard InChI is InChI=1S/C33H39N5O2/c1-22(2)37-17-13-33(14-18-37)21-38(16-12-23-20-35-27-6-4-3-5-25(23)27)29-9-7-24(19-31(29)40-33)36-28-11-15-34-32-26(28)8-10-30(32)39/h3-7,9,11,15,19-20,22,30,35,39H,8,10,12-14,16-18,21H2,1-2H3,(H,34,36). The van der Waals surface area contributed by atoms with Gasteiger partial charge in [-0.3, -0.25) is 4.98 Å². The number of nitrogens with zero attached hydrogens (tertiary/aromatic N) is 3. The van der Waals surface area contributed by atoms with Crippen LogP contribution in [0.15, 0.2) is 60.9 Å². The molecule has 2 aromatic carbocycles. The van der Waals surface area contributed by atoms with Crippen LogP contribution in [0.25, 0.3) is 10.9 Å². The van der Waals surface area contributed by atoms with E-state index in [0.29, 0.717) is 6.04 Å². The van der Waals surface area contributed by atoms with Gasteiger partial charge >= 0.3 is 0 Å². The second-order valence-corrected chi connectivity index (χ2v) is 12.0. The molecule has 1 saturated heterocycles. The number of H-pyrrole nitrogens is 1. The highest BCUT2D eigenvalue weighted by Crippen LogP contribution is 2.44. The first-order valence-electron chi connectivity index (χ1n) is 14.8. The number of piperidine rings is 1. The number of hydrogen-bond donors (Lipinski definition) is 3. The molecule has 3 aliphatic rings. The lowest BCUT2D eigenvalue weighted by Gasteiger charge is -2.49. The minimum Gasteiger partial charge on any atom is -0.483 e. The van der Waals surface area contributed by atoms with Crippen molar-refractivity contribution in [3.63, 3.8) is 0 Å². The average Bonchev–Trinajstić information content (AvgIpc) is 3.56. The number of para-hydroxylation sites is 1. The predicted molar refractivity (Wildman–Crippen MR) is 161 cm³/mol. The van der Waals surface area contributed by atoms with Crippen molar-refractivity contribution in [3.8, 4) is 5.75 Å². The first kappa shape index (κ1) is 25.4. The maximum Gasteiger partial charge on any atom is 0.145 e. The van der Waals surface area contributed by atoms with Crippen LogP contribution in [0, 0.1) is 0 Å². The van der Waals surface area contributed by atoms with Crippen molar-refractivity contribution in [2.24, 2.45) is 0 Å². The molecular formula is C33H39N5O2. The van der Waals surface area contributed by atoms with Crippen LogP contribution in [0.4, 0.5) is 17.1 Å². The normalized spacial score (nSPS) is 20.1. The van der Waals surface area contributed by atoms with Crippen LogP contribution in [-0.2, 0) is 12.8 Å². The zero-order valence-electron chi connectivity index (χ0n) is 23.5. The fourth-order valence-corrected chi connectivity index (χ4v) is 6.88. The van der Waals surface area contributed by atoms with Crippen LogP contribution in [0.5, 0.6) is 5.75 Å². The number of rotatable bonds is 6. The van der Waals surface area contributed by atoms with E-state index in [9.17, 15) is 5.11 Å². The Morgan fingerprint density at radius 3 is 2.85 bits per heavy atom. The summed E-state index contributed by atoms with van der Waals surface area (Å²) in [7, 11) is 0. The Kier molecular flexibility index (Phi) is 6.44. The Labute approximate surface area is 236 Å². The summed E-state index contributed by atoms with van der Waals surface area (Å²) in [6.45, 7) is 8.55. The maximum absolute atomic E-state index is 10.3. The van der Waals surface area contributed by atoms with E-state index in [4.69, 9.17) is 4.74 Å². The molecule has 2 aliphatic heterocycles. The first-order valence-corrected chi connectivity index (χ1v) is 14.8. The van der Waals surface area contributed by atoms with Gasteiger partial charge in [-0.1, -0.05) is 18.2 Å². The molecule has 1 fully saturated rings. The minimum atomic E-state index is -0.467. The average molecular weight is 538 g/mol. The number of anilines is 3. The van der Waals surface area contributed by atoms with Crippen LogP contribution in [0.3, 0.4) is 0 Å². The van der Waals surface area contributed by atoms with Crippen LogP contribution < -0.4 is 15.0 Å². The van der Waals surface area contributed by atoms with Crippen molar-refractivity contribution < 1.29 is 9.84 Å². The van der Waals surface area contributed by atoms with Gasteiger partial charge in [0.25, 0.3) is 0 Å². The molecule has 7 rings (SSSR count). The number of aliphatic hydroxyl groups excluding tert-OH is 1. The zero-order valence-corrected chi connectivity index (χ0v) is 23.5. The van der Waals surface area contributed by atoms with E-state index >= 15 is 0 Å². The van der Waals surface area contributed by atoms with Crippen LogP contribution in [0.2, 0.25) is 0 Å². The van der Waals surface area contributed by atoms with E-state index in [1.165, 1.54) is 16.5 Å². The summed E-state index contributed by atoms with van der Waals surface area (Å²) in [6, 6.07) is 17.7. The van der Waals surface area contributed by atoms with Crippen LogP contribution in [0.1, 0.15) is 56.0 Å². The fourth-order valence-electron chi connectivity index (χ4n) is 6.88. The van der Waals surface area contributed by atoms with Gasteiger partial charge < -0.3 is 29.9 Å². The molecule has 4 aromatic rings. The summed E-state index contributed by atoms with van der Waals surface area (Å²) < 4.78 is 6.95. The molecule has 7 nitrogen and oxygen atoms in total. The van der Waals surface area contributed by atoms with Crippen molar-refractivity contribution in [3.05, 3.63) is 77.7 Å². The van der Waals surface area contributed by atoms with E-state index in [-0.39, 0.29) is 5.60 Å². The Hall–Kier alpha value is -3.55. The number of aliphatic hydroxyl groups is 1. The molecule has 0 bridgehead atoms. The molecule has 1 spiro atoms. The van der Waals surface area contributed by atoms with E-state index in [1.807, 2.05) is 6.07 Å². The summed E-state index contributed by atoms with van der Waals surface area (Å²) in [5.41, 5.74) is 7.49. The van der Waals surface area contributed by atoms with Crippen molar-refractivity contribution >= 4 is 28.0 Å². The van der Waals surface area contributed by atoms with Crippen LogP contribution in [-0.4, -0.2) is 57.8 Å². The lowest BCUT2D eigenvalue weighted by molar-refractivity contribution is -0.00683. The molecule has 3 N–H and O–H groups in total. The topological polar surface area (TPSA) is 76.7 Å². The lowest BCUT2D eigenvalue weighted by Crippen LogP contribution is -2.57. The van der Waals surface area contributed by atoms with Crippen molar-refractivity contribution in [1.29, 1.82) is 0 Å². The Morgan fingerprint density at radius 1 is 1.15 bits per heavy atom. The smallest absolute Gasteiger partial charge is 0.145 e. The van der Waals surface area contributed by atoms with Crippen LogP contribution >= 0.6 is 0 Å². The third-order valence-electron chi connectivity index (χ3n) is 9.22. The monoisotopic (exact) mass is 537 g/mol. The van der Waals surface area contributed by atoms with Crippen molar-refractivity contribution in [2.45, 2.75) is 63.7 Å². The third-order valence-corrected chi connectivity index (χ3v) is 9.22. The Balaban J connectivity index is 1.18. The zero-order chi connectivity index (χ0) is 27.3. The summed E-state index contributed by atoms with van der Waals surface area (Å²) >= 11 is 0. The van der Waals surface area contributed by atoms with Crippen molar-refractivity contribution in [1.82, 2.24) is 14.9 Å². The summed E-state index contributed by atoms with van der Waals surface area (Å²) in [6.07, 6.45) is 8.09. The number of pyridine rings is 1. The molecule has 1 atom stereocenters. The van der Waals surface area contributed by atoms with Crippen molar-refractivity contribution in [2.75, 3.05) is 36.4 Å². The van der Waals surface area contributed by atoms with Gasteiger partial charge in [-0.25, -0.2) is 0 Å². The molecule has 7 heteroatoms. The van der Waals surface area contributed by atoms with Gasteiger partial charge in [0.15, 0.2) is 0 Å². The molecular weight excluding hydrogens is 498 g/mol. The number of ether oxygens (including phenoxy) is 1. The Bertz CT molecular complexity index is 1520. The molecule has 0 amide bonds. The molecule has 4 heterocycles. The van der Waals surface area contributed by atoms with Gasteiger partial charge in [0.2, 0.25) is 0 Å². The van der Waals surface area contributed by atoms with E-state index in [1.54, 1.807) is 6.20 Å². The summed E-state index contributed by atoms with van der Waals surface area (Å²) in [5.74, 6) is 0.957. The van der Waals surface area contributed by atoms with Gasteiger partial charge in [-0.2, -0.15) is 0 Å². The number of hydrogen-bond acceptors (Lipinski definition) is 6. The third kappa shape index (κ3) is 4.61. The number of aromatic amines is 1. The van der Waals surface area contributed by atoms with Gasteiger partial charge in [0, 0.05) is 79.3 Å².